The molecule has 0 heterocycles. The smallest absolute Gasteiger partial charge is 0.339 e. The van der Waals surface area contributed by atoms with E-state index >= 15 is 0 Å². The molecule has 0 radical (unpaired) electrons. The normalized spacial score (nSPS) is 18.3. The van der Waals surface area contributed by atoms with Gasteiger partial charge in [0, 0.05) is 12.5 Å². The van der Waals surface area contributed by atoms with E-state index in [4.69, 9.17) is 9.84 Å². The predicted molar refractivity (Wildman–Crippen MR) is 89.0 cm³/mol. The summed E-state index contributed by atoms with van der Waals surface area (Å²) in [5.41, 5.74) is 0.929. The minimum absolute atomic E-state index is 0.0337. The van der Waals surface area contributed by atoms with Crippen LogP contribution in [0.3, 0.4) is 0 Å². The quantitative estimate of drug-likeness (QED) is 0.829. The van der Waals surface area contributed by atoms with Gasteiger partial charge in [-0.3, -0.25) is 4.79 Å². The number of carboxylic acid groups (broad SMARTS) is 1. The number of rotatable bonds is 6. The second kappa shape index (κ2) is 7.11. The molecule has 2 aromatic rings. The summed E-state index contributed by atoms with van der Waals surface area (Å²) in [6, 6.07) is 7.77. The maximum Gasteiger partial charge on any atom is 0.339 e. The van der Waals surface area contributed by atoms with Crippen molar-refractivity contribution < 1.29 is 28.2 Å². The first-order chi connectivity index (χ1) is 12.4. The van der Waals surface area contributed by atoms with E-state index in [1.165, 1.54) is 13.2 Å². The number of amides is 1. The van der Waals surface area contributed by atoms with Gasteiger partial charge in [0.2, 0.25) is 5.91 Å². The van der Waals surface area contributed by atoms with Gasteiger partial charge in [-0.25, -0.2) is 13.6 Å². The largest absolute Gasteiger partial charge is 0.496 e. The highest BCUT2D eigenvalue weighted by atomic mass is 19.1. The topological polar surface area (TPSA) is 75.6 Å². The number of benzene rings is 2. The molecular formula is C19H17F2NO4. The summed E-state index contributed by atoms with van der Waals surface area (Å²) in [6.45, 7) is 0.184. The number of halogens is 2. The predicted octanol–water partition coefficient (Wildman–Crippen LogP) is 3.09. The Kier molecular flexibility index (Phi) is 4.88. The van der Waals surface area contributed by atoms with Gasteiger partial charge in [0.15, 0.2) is 0 Å². The number of nitrogens with one attached hydrogen (secondary N) is 1. The van der Waals surface area contributed by atoms with Crippen molar-refractivity contribution in [1.82, 2.24) is 5.32 Å². The summed E-state index contributed by atoms with van der Waals surface area (Å²) in [4.78, 5) is 23.3. The van der Waals surface area contributed by atoms with Crippen LogP contribution in [0.4, 0.5) is 8.78 Å². The van der Waals surface area contributed by atoms with Crippen LogP contribution in [0.2, 0.25) is 0 Å². The highest BCUT2D eigenvalue weighted by Crippen LogP contribution is 2.48. The van der Waals surface area contributed by atoms with Crippen LogP contribution in [-0.4, -0.2) is 24.1 Å². The van der Waals surface area contributed by atoms with Crippen molar-refractivity contribution in [3.63, 3.8) is 0 Å². The number of carbonyl (C=O) groups excluding carboxylic acids is 1. The minimum Gasteiger partial charge on any atom is -0.496 e. The molecule has 1 saturated carbocycles. The number of aromatic carboxylic acids is 1. The third kappa shape index (κ3) is 3.66. The number of hydrogen-bond donors (Lipinski definition) is 2. The van der Waals surface area contributed by atoms with E-state index in [2.05, 4.69) is 5.32 Å². The Morgan fingerprint density at radius 3 is 2.69 bits per heavy atom. The lowest BCUT2D eigenvalue weighted by Gasteiger charge is -2.09. The van der Waals surface area contributed by atoms with Crippen LogP contribution < -0.4 is 10.1 Å². The first-order valence-corrected chi connectivity index (χ1v) is 8.03. The molecule has 0 aromatic heterocycles. The number of carboxylic acids is 1. The van der Waals surface area contributed by atoms with Gasteiger partial charge in [0.1, 0.15) is 22.9 Å². The first kappa shape index (κ1) is 17.8. The van der Waals surface area contributed by atoms with E-state index in [1.807, 2.05) is 0 Å². The average Bonchev–Trinajstić information content (AvgIpc) is 3.42. The van der Waals surface area contributed by atoms with Crippen LogP contribution in [0, 0.1) is 17.6 Å². The summed E-state index contributed by atoms with van der Waals surface area (Å²) in [5.74, 6) is -2.91. The number of methoxy groups -OCH3 is 1. The van der Waals surface area contributed by atoms with E-state index in [-0.39, 0.29) is 35.2 Å². The van der Waals surface area contributed by atoms with Gasteiger partial charge in [-0.1, -0.05) is 6.07 Å². The number of hydrogen-bond acceptors (Lipinski definition) is 3. The first-order valence-electron chi connectivity index (χ1n) is 8.03. The maximum atomic E-state index is 13.8. The summed E-state index contributed by atoms with van der Waals surface area (Å²) >= 11 is 0. The van der Waals surface area contributed by atoms with Gasteiger partial charge in [0.25, 0.3) is 0 Å². The zero-order valence-electron chi connectivity index (χ0n) is 14.0. The molecule has 0 unspecified atom stereocenters. The molecule has 1 aliphatic rings. The molecule has 136 valence electrons. The Labute approximate surface area is 148 Å². The lowest BCUT2D eigenvalue weighted by molar-refractivity contribution is -0.122. The van der Waals surface area contributed by atoms with E-state index in [9.17, 15) is 18.4 Å². The van der Waals surface area contributed by atoms with Gasteiger partial charge in [-0.15, -0.1) is 0 Å². The highest BCUT2D eigenvalue weighted by Gasteiger charge is 2.45. The van der Waals surface area contributed by atoms with Crippen molar-refractivity contribution >= 4 is 11.9 Å². The van der Waals surface area contributed by atoms with Gasteiger partial charge >= 0.3 is 5.97 Å². The number of ether oxygens (including phenoxy) is 1. The summed E-state index contributed by atoms with van der Waals surface area (Å²) < 4.78 is 32.1. The van der Waals surface area contributed by atoms with Gasteiger partial charge < -0.3 is 15.2 Å². The van der Waals surface area contributed by atoms with Crippen molar-refractivity contribution in [2.45, 2.75) is 18.9 Å². The van der Waals surface area contributed by atoms with Gasteiger partial charge in [-0.2, -0.15) is 0 Å². The van der Waals surface area contributed by atoms with Crippen LogP contribution in [0.5, 0.6) is 5.75 Å². The van der Waals surface area contributed by atoms with Crippen molar-refractivity contribution in [3.05, 3.63) is 64.7 Å². The molecule has 3 rings (SSSR count). The summed E-state index contributed by atoms with van der Waals surface area (Å²) in [5, 5.41) is 11.8. The van der Waals surface area contributed by atoms with Crippen molar-refractivity contribution in [1.29, 1.82) is 0 Å². The van der Waals surface area contributed by atoms with Crippen LogP contribution in [0.1, 0.15) is 33.8 Å². The Morgan fingerprint density at radius 1 is 1.23 bits per heavy atom. The molecule has 5 nitrogen and oxygen atoms in total. The number of carbonyl (C=O) groups is 2. The Hall–Kier alpha value is -2.96. The molecule has 1 amide bonds. The molecule has 0 aliphatic heterocycles. The molecule has 1 fully saturated rings. The van der Waals surface area contributed by atoms with Crippen LogP contribution in [0.15, 0.2) is 36.4 Å². The molecule has 2 aromatic carbocycles. The zero-order valence-corrected chi connectivity index (χ0v) is 14.0. The molecule has 7 heteroatoms. The molecule has 1 aliphatic carbocycles. The fourth-order valence-electron chi connectivity index (χ4n) is 2.97. The molecular weight excluding hydrogens is 344 g/mol. The third-order valence-electron chi connectivity index (χ3n) is 4.45. The van der Waals surface area contributed by atoms with Crippen molar-refractivity contribution in [2.75, 3.05) is 7.11 Å². The zero-order chi connectivity index (χ0) is 18.8. The van der Waals surface area contributed by atoms with E-state index in [0.717, 1.165) is 18.2 Å². The molecule has 2 atom stereocenters. The van der Waals surface area contributed by atoms with Gasteiger partial charge in [-0.05, 0) is 53.8 Å². The molecule has 0 bridgehead atoms. The van der Waals surface area contributed by atoms with E-state index < -0.39 is 23.5 Å². The van der Waals surface area contributed by atoms with Crippen LogP contribution in [0.25, 0.3) is 0 Å². The standard InChI is InChI=1S/C19H17F2NO4/c1-26-17-6-10(2-4-12(17)19(24)25)9-22-18(23)15-8-13(15)14-7-11(20)3-5-16(14)21/h2-7,13,15H,8-9H2,1H3,(H,22,23)(H,24,25)/t13-,15-/m0/s1. The molecule has 0 saturated heterocycles. The second-order valence-corrected chi connectivity index (χ2v) is 6.17. The lowest BCUT2D eigenvalue weighted by Crippen LogP contribution is -2.25. The van der Waals surface area contributed by atoms with Crippen molar-refractivity contribution in [3.8, 4) is 5.75 Å². The van der Waals surface area contributed by atoms with Crippen LogP contribution in [-0.2, 0) is 11.3 Å². The maximum absolute atomic E-state index is 13.8. The lowest BCUT2D eigenvalue weighted by atomic mass is 10.1. The van der Waals surface area contributed by atoms with Crippen LogP contribution >= 0.6 is 0 Å². The monoisotopic (exact) mass is 361 g/mol. The average molecular weight is 361 g/mol. The third-order valence-corrected chi connectivity index (χ3v) is 4.45. The molecule has 0 spiro atoms. The Bertz CT molecular complexity index is 869. The molecule has 26 heavy (non-hydrogen) atoms. The van der Waals surface area contributed by atoms with E-state index in [0.29, 0.717) is 12.0 Å². The summed E-state index contributed by atoms with van der Waals surface area (Å²) in [7, 11) is 1.37. The van der Waals surface area contributed by atoms with Crippen molar-refractivity contribution in [2.24, 2.45) is 5.92 Å². The summed E-state index contributed by atoms with van der Waals surface area (Å²) in [6.07, 6.45) is 0.466. The van der Waals surface area contributed by atoms with E-state index in [1.54, 1.807) is 12.1 Å². The Balaban J connectivity index is 1.62. The fourth-order valence-corrected chi connectivity index (χ4v) is 2.97. The minimum atomic E-state index is -1.10. The highest BCUT2D eigenvalue weighted by molar-refractivity contribution is 5.91. The SMILES string of the molecule is COc1cc(CNC(=O)[C@H]2C[C@H]2c2cc(F)ccc2F)ccc1C(=O)O. The van der Waals surface area contributed by atoms with Gasteiger partial charge in [0.05, 0.1) is 7.11 Å². The fraction of sp³-hybridized carbons (Fsp3) is 0.263. The second-order valence-electron chi connectivity index (χ2n) is 6.17. The Morgan fingerprint density at radius 2 is 2.00 bits per heavy atom. The molecule has 2 N–H and O–H groups in total.